The van der Waals surface area contributed by atoms with E-state index in [1.54, 1.807) is 12.1 Å². The normalized spacial score (nSPS) is 15.4. The lowest BCUT2D eigenvalue weighted by Crippen LogP contribution is -2.48. The van der Waals surface area contributed by atoms with E-state index >= 15 is 0 Å². The first-order valence-electron chi connectivity index (χ1n) is 7.69. The number of hydrogen-bond acceptors (Lipinski definition) is 5. The SMILES string of the molecule is COc1ccc(C(=O)N2CCN(Cc3ccccc3)CC2)nn1. The van der Waals surface area contributed by atoms with Gasteiger partial charge in [-0.25, -0.2) is 0 Å². The van der Waals surface area contributed by atoms with Crippen molar-refractivity contribution in [2.24, 2.45) is 0 Å². The molecule has 0 spiro atoms. The largest absolute Gasteiger partial charge is 0.480 e. The fourth-order valence-electron chi connectivity index (χ4n) is 2.66. The van der Waals surface area contributed by atoms with Crippen LogP contribution in [-0.2, 0) is 6.54 Å². The summed E-state index contributed by atoms with van der Waals surface area (Å²) in [5.74, 6) is 0.341. The van der Waals surface area contributed by atoms with E-state index in [1.807, 2.05) is 11.0 Å². The maximum atomic E-state index is 12.4. The van der Waals surface area contributed by atoms with Crippen LogP contribution < -0.4 is 4.74 Å². The molecule has 1 aliphatic heterocycles. The summed E-state index contributed by atoms with van der Waals surface area (Å²) in [6.45, 7) is 4.07. The number of methoxy groups -OCH3 is 1. The number of benzene rings is 1. The molecule has 6 nitrogen and oxygen atoms in total. The molecule has 1 aliphatic rings. The standard InChI is InChI=1S/C17H20N4O2/c1-23-16-8-7-15(18-19-16)17(22)21-11-9-20(10-12-21)13-14-5-3-2-4-6-14/h2-8H,9-13H2,1H3. The number of carbonyl (C=O) groups excluding carboxylic acids is 1. The molecule has 0 N–H and O–H groups in total. The minimum absolute atomic E-state index is 0.0699. The third-order valence-corrected chi connectivity index (χ3v) is 3.98. The molecule has 0 saturated carbocycles. The van der Waals surface area contributed by atoms with Gasteiger partial charge < -0.3 is 9.64 Å². The predicted octanol–water partition coefficient (Wildman–Crippen LogP) is 1.44. The van der Waals surface area contributed by atoms with Crippen molar-refractivity contribution in [3.63, 3.8) is 0 Å². The van der Waals surface area contributed by atoms with Gasteiger partial charge in [-0.3, -0.25) is 9.69 Å². The lowest BCUT2D eigenvalue weighted by Gasteiger charge is -2.34. The second-order valence-electron chi connectivity index (χ2n) is 5.51. The van der Waals surface area contributed by atoms with Crippen LogP contribution in [0.3, 0.4) is 0 Å². The maximum absolute atomic E-state index is 12.4. The minimum Gasteiger partial charge on any atom is -0.480 e. The maximum Gasteiger partial charge on any atom is 0.274 e. The Kier molecular flexibility index (Phi) is 4.83. The van der Waals surface area contributed by atoms with Gasteiger partial charge in [0.25, 0.3) is 5.91 Å². The van der Waals surface area contributed by atoms with Crippen molar-refractivity contribution in [2.45, 2.75) is 6.54 Å². The zero-order valence-corrected chi connectivity index (χ0v) is 13.2. The second-order valence-corrected chi connectivity index (χ2v) is 5.51. The summed E-state index contributed by atoms with van der Waals surface area (Å²) in [4.78, 5) is 16.6. The van der Waals surface area contributed by atoms with E-state index in [0.717, 1.165) is 19.6 Å². The molecule has 2 aromatic rings. The van der Waals surface area contributed by atoms with Crippen LogP contribution in [0.15, 0.2) is 42.5 Å². The molecular formula is C17H20N4O2. The van der Waals surface area contributed by atoms with Crippen molar-refractivity contribution >= 4 is 5.91 Å². The number of nitrogens with zero attached hydrogens (tertiary/aromatic N) is 4. The molecule has 1 aromatic heterocycles. The lowest BCUT2D eigenvalue weighted by atomic mass is 10.2. The van der Waals surface area contributed by atoms with E-state index in [-0.39, 0.29) is 5.91 Å². The highest BCUT2D eigenvalue weighted by molar-refractivity contribution is 5.92. The van der Waals surface area contributed by atoms with Crippen molar-refractivity contribution in [3.8, 4) is 5.88 Å². The van der Waals surface area contributed by atoms with Crippen molar-refractivity contribution in [1.82, 2.24) is 20.0 Å². The van der Waals surface area contributed by atoms with E-state index in [0.29, 0.717) is 24.7 Å². The van der Waals surface area contributed by atoms with E-state index < -0.39 is 0 Å². The summed E-state index contributed by atoms with van der Waals surface area (Å²) in [7, 11) is 1.53. The van der Waals surface area contributed by atoms with Crippen molar-refractivity contribution in [3.05, 3.63) is 53.7 Å². The highest BCUT2D eigenvalue weighted by atomic mass is 16.5. The van der Waals surface area contributed by atoms with Crippen LogP contribution in [-0.4, -0.2) is 59.2 Å². The molecular weight excluding hydrogens is 292 g/mol. The number of aromatic nitrogens is 2. The summed E-state index contributed by atoms with van der Waals surface area (Å²) in [6, 6.07) is 13.7. The first-order chi connectivity index (χ1) is 11.3. The van der Waals surface area contributed by atoms with Crippen LogP contribution in [0.25, 0.3) is 0 Å². The molecule has 0 unspecified atom stereocenters. The summed E-state index contributed by atoms with van der Waals surface area (Å²) in [6.07, 6.45) is 0. The van der Waals surface area contributed by atoms with Gasteiger partial charge >= 0.3 is 0 Å². The Hall–Kier alpha value is -2.47. The number of rotatable bonds is 4. The molecule has 2 heterocycles. The van der Waals surface area contributed by atoms with Gasteiger partial charge in [0.15, 0.2) is 5.69 Å². The van der Waals surface area contributed by atoms with Gasteiger partial charge in [0.1, 0.15) is 0 Å². The van der Waals surface area contributed by atoms with Gasteiger partial charge in [-0.05, 0) is 11.6 Å². The molecule has 1 fully saturated rings. The zero-order chi connectivity index (χ0) is 16.1. The Morgan fingerprint density at radius 1 is 1.04 bits per heavy atom. The van der Waals surface area contributed by atoms with Gasteiger partial charge in [0.2, 0.25) is 5.88 Å². The molecule has 3 rings (SSSR count). The molecule has 23 heavy (non-hydrogen) atoms. The number of ether oxygens (including phenoxy) is 1. The average Bonchev–Trinajstić information content (AvgIpc) is 2.63. The third-order valence-electron chi connectivity index (χ3n) is 3.98. The fourth-order valence-corrected chi connectivity index (χ4v) is 2.66. The van der Waals surface area contributed by atoms with Crippen molar-refractivity contribution < 1.29 is 9.53 Å². The number of hydrogen-bond donors (Lipinski definition) is 0. The van der Waals surface area contributed by atoms with Gasteiger partial charge in [0.05, 0.1) is 7.11 Å². The van der Waals surface area contributed by atoms with E-state index in [9.17, 15) is 4.79 Å². The van der Waals surface area contributed by atoms with E-state index in [2.05, 4.69) is 39.4 Å². The minimum atomic E-state index is -0.0699. The Bertz CT molecular complexity index is 637. The smallest absolute Gasteiger partial charge is 0.274 e. The first-order valence-corrected chi connectivity index (χ1v) is 7.69. The molecule has 1 saturated heterocycles. The zero-order valence-electron chi connectivity index (χ0n) is 13.2. The molecule has 1 amide bonds. The predicted molar refractivity (Wildman–Crippen MR) is 86.2 cm³/mol. The first kappa shape index (κ1) is 15.4. The molecule has 0 atom stereocenters. The van der Waals surface area contributed by atoms with E-state index in [1.165, 1.54) is 12.7 Å². The highest BCUT2D eigenvalue weighted by Crippen LogP contribution is 2.11. The molecule has 0 aliphatic carbocycles. The monoisotopic (exact) mass is 312 g/mol. The van der Waals surface area contributed by atoms with Crippen LogP contribution >= 0.6 is 0 Å². The Morgan fingerprint density at radius 2 is 1.78 bits per heavy atom. The van der Waals surface area contributed by atoms with E-state index in [4.69, 9.17) is 4.74 Å². The van der Waals surface area contributed by atoms with Crippen LogP contribution in [0.1, 0.15) is 16.1 Å². The van der Waals surface area contributed by atoms with Crippen molar-refractivity contribution in [2.75, 3.05) is 33.3 Å². The summed E-state index contributed by atoms with van der Waals surface area (Å²) >= 11 is 0. The van der Waals surface area contributed by atoms with Gasteiger partial charge in [-0.15, -0.1) is 10.2 Å². The molecule has 0 radical (unpaired) electrons. The highest BCUT2D eigenvalue weighted by Gasteiger charge is 2.23. The van der Waals surface area contributed by atoms with Crippen molar-refractivity contribution in [1.29, 1.82) is 0 Å². The van der Waals surface area contributed by atoms with Crippen LogP contribution in [0.5, 0.6) is 5.88 Å². The Morgan fingerprint density at radius 3 is 2.39 bits per heavy atom. The van der Waals surface area contributed by atoms with Crippen LogP contribution in [0.2, 0.25) is 0 Å². The fraction of sp³-hybridized carbons (Fsp3) is 0.353. The quantitative estimate of drug-likeness (QED) is 0.855. The Labute approximate surface area is 135 Å². The third kappa shape index (κ3) is 3.84. The number of piperazine rings is 1. The molecule has 6 heteroatoms. The average molecular weight is 312 g/mol. The van der Waals surface area contributed by atoms with Crippen LogP contribution in [0, 0.1) is 0 Å². The number of amides is 1. The second kappa shape index (κ2) is 7.19. The van der Waals surface area contributed by atoms with Crippen LogP contribution in [0.4, 0.5) is 0 Å². The molecule has 1 aromatic carbocycles. The van der Waals surface area contributed by atoms with Gasteiger partial charge in [0, 0.05) is 38.8 Å². The topological polar surface area (TPSA) is 58.6 Å². The number of carbonyl (C=O) groups is 1. The van der Waals surface area contributed by atoms with Gasteiger partial charge in [-0.2, -0.15) is 0 Å². The summed E-state index contributed by atoms with van der Waals surface area (Å²) < 4.78 is 4.96. The summed E-state index contributed by atoms with van der Waals surface area (Å²) in [5, 5.41) is 7.79. The lowest BCUT2D eigenvalue weighted by molar-refractivity contribution is 0.0621. The molecule has 0 bridgehead atoms. The Balaban J connectivity index is 1.54. The van der Waals surface area contributed by atoms with Gasteiger partial charge in [-0.1, -0.05) is 30.3 Å². The summed E-state index contributed by atoms with van der Waals surface area (Å²) in [5.41, 5.74) is 1.66. The molecule has 120 valence electrons.